The second-order valence-corrected chi connectivity index (χ2v) is 5.12. The average Bonchev–Trinajstić information content (AvgIpc) is 2.64. The number of esters is 2. The minimum atomic E-state index is -1.03. The van der Waals surface area contributed by atoms with Crippen molar-refractivity contribution in [2.45, 2.75) is 27.1 Å². The van der Waals surface area contributed by atoms with Crippen LogP contribution in [0.25, 0.3) is 0 Å². The smallest absolute Gasteiger partial charge is 0.335 e. The van der Waals surface area contributed by atoms with Crippen LogP contribution in [0.5, 0.6) is 0 Å². The number of hydrogen-bond acceptors (Lipinski definition) is 9. The van der Waals surface area contributed by atoms with Gasteiger partial charge in [0.25, 0.3) is 0 Å². The topological polar surface area (TPSA) is 121 Å². The minimum Gasteiger partial charge on any atom is -0.456 e. The first-order valence-electron chi connectivity index (χ1n) is 8.47. The Bertz CT molecular complexity index is 433. The lowest BCUT2D eigenvalue weighted by molar-refractivity contribution is -0.192. The van der Waals surface area contributed by atoms with Gasteiger partial charge < -0.3 is 33.9 Å². The Morgan fingerprint density at radius 2 is 1.41 bits per heavy atom. The highest BCUT2D eigenvalue weighted by molar-refractivity contribution is 5.87. The molecule has 1 unspecified atom stereocenters. The Labute approximate surface area is 160 Å². The molecule has 0 rings (SSSR count). The first-order chi connectivity index (χ1) is 12.8. The fourth-order valence-corrected chi connectivity index (χ4v) is 1.21. The van der Waals surface area contributed by atoms with Gasteiger partial charge in [-0.25, -0.2) is 9.59 Å². The van der Waals surface area contributed by atoms with Gasteiger partial charge in [-0.05, 0) is 20.8 Å². The third-order valence-electron chi connectivity index (χ3n) is 2.49. The molecule has 2 N–H and O–H groups in total. The second-order valence-electron chi connectivity index (χ2n) is 5.12. The summed E-state index contributed by atoms with van der Waals surface area (Å²) in [5.74, 6) is -1.21. The molecule has 158 valence electrons. The monoisotopic (exact) mass is 392 g/mol. The lowest BCUT2D eigenvalue weighted by Gasteiger charge is -2.18. The van der Waals surface area contributed by atoms with E-state index in [1.807, 2.05) is 6.92 Å². The molecule has 0 saturated carbocycles. The fraction of sp³-hybridized carbons (Fsp3) is 0.667. The van der Waals surface area contributed by atoms with Crippen LogP contribution in [-0.2, 0) is 33.3 Å². The van der Waals surface area contributed by atoms with Crippen LogP contribution >= 0.6 is 0 Å². The normalized spacial score (nSPS) is 11.0. The SMILES string of the molecule is C=C(C)C(=O)OCC(OCCOCCOCC)OC(=O)C(=C)C.OCCO. The molecular weight excluding hydrogens is 360 g/mol. The van der Waals surface area contributed by atoms with Crippen molar-refractivity contribution in [3.8, 4) is 0 Å². The zero-order valence-corrected chi connectivity index (χ0v) is 16.4. The third-order valence-corrected chi connectivity index (χ3v) is 2.49. The summed E-state index contributed by atoms with van der Waals surface area (Å²) in [7, 11) is 0. The predicted octanol–water partition coefficient (Wildman–Crippen LogP) is 0.592. The van der Waals surface area contributed by atoms with E-state index in [2.05, 4.69) is 13.2 Å². The van der Waals surface area contributed by atoms with Crippen molar-refractivity contribution in [3.63, 3.8) is 0 Å². The summed E-state index contributed by atoms with van der Waals surface area (Å²) >= 11 is 0. The highest BCUT2D eigenvalue weighted by Gasteiger charge is 2.18. The lowest BCUT2D eigenvalue weighted by atomic mass is 10.3. The molecule has 0 aliphatic heterocycles. The highest BCUT2D eigenvalue weighted by Crippen LogP contribution is 2.04. The van der Waals surface area contributed by atoms with Crippen LogP contribution in [0.15, 0.2) is 24.3 Å². The third kappa shape index (κ3) is 18.8. The molecule has 0 amide bonds. The van der Waals surface area contributed by atoms with Gasteiger partial charge in [0, 0.05) is 17.8 Å². The highest BCUT2D eigenvalue weighted by atomic mass is 16.7. The van der Waals surface area contributed by atoms with Gasteiger partial charge in [-0.2, -0.15) is 0 Å². The van der Waals surface area contributed by atoms with E-state index in [0.717, 1.165) is 0 Å². The summed E-state index contributed by atoms with van der Waals surface area (Å²) in [6.07, 6.45) is -1.03. The number of hydrogen-bond donors (Lipinski definition) is 2. The molecule has 0 aromatic carbocycles. The number of rotatable bonds is 14. The lowest BCUT2D eigenvalue weighted by Crippen LogP contribution is -2.29. The molecule has 0 aliphatic rings. The Morgan fingerprint density at radius 1 is 0.889 bits per heavy atom. The van der Waals surface area contributed by atoms with Gasteiger partial charge in [-0.3, -0.25) is 0 Å². The van der Waals surface area contributed by atoms with Crippen LogP contribution in [0.3, 0.4) is 0 Å². The first kappa shape index (κ1) is 27.4. The number of aliphatic hydroxyl groups excluding tert-OH is 2. The Morgan fingerprint density at radius 3 is 1.89 bits per heavy atom. The molecule has 0 aliphatic carbocycles. The Hall–Kier alpha value is -1.78. The van der Waals surface area contributed by atoms with Crippen molar-refractivity contribution >= 4 is 11.9 Å². The molecule has 0 fully saturated rings. The van der Waals surface area contributed by atoms with E-state index >= 15 is 0 Å². The largest absolute Gasteiger partial charge is 0.456 e. The van der Waals surface area contributed by atoms with Crippen molar-refractivity contribution in [2.24, 2.45) is 0 Å². The molecule has 0 heterocycles. The van der Waals surface area contributed by atoms with Crippen LogP contribution in [0.1, 0.15) is 20.8 Å². The van der Waals surface area contributed by atoms with Crippen molar-refractivity contribution in [1.29, 1.82) is 0 Å². The van der Waals surface area contributed by atoms with E-state index in [9.17, 15) is 9.59 Å². The minimum absolute atomic E-state index is 0.125. The van der Waals surface area contributed by atoms with Gasteiger partial charge in [-0.1, -0.05) is 13.2 Å². The number of carbonyl (C=O) groups excluding carboxylic acids is 2. The maximum Gasteiger partial charge on any atom is 0.335 e. The quantitative estimate of drug-likeness (QED) is 0.189. The molecule has 9 nitrogen and oxygen atoms in total. The van der Waals surface area contributed by atoms with Crippen molar-refractivity contribution in [3.05, 3.63) is 24.3 Å². The van der Waals surface area contributed by atoms with Crippen LogP contribution in [-0.4, -0.2) is 81.3 Å². The Balaban J connectivity index is 0. The summed E-state index contributed by atoms with van der Waals surface area (Å²) in [6, 6.07) is 0. The van der Waals surface area contributed by atoms with E-state index < -0.39 is 18.2 Å². The summed E-state index contributed by atoms with van der Waals surface area (Å²) in [5, 5.41) is 15.2. The molecule has 0 bridgehead atoms. The van der Waals surface area contributed by atoms with E-state index in [-0.39, 0.29) is 37.6 Å². The Kier molecular flexibility index (Phi) is 19.3. The number of ether oxygens (including phenoxy) is 5. The van der Waals surface area contributed by atoms with Gasteiger partial charge in [0.1, 0.15) is 0 Å². The molecule has 0 saturated heterocycles. The van der Waals surface area contributed by atoms with Crippen LogP contribution in [0, 0.1) is 0 Å². The maximum atomic E-state index is 11.5. The van der Waals surface area contributed by atoms with Gasteiger partial charge in [0.05, 0.1) is 39.6 Å². The zero-order valence-electron chi connectivity index (χ0n) is 16.4. The molecule has 9 heteroatoms. The van der Waals surface area contributed by atoms with Gasteiger partial charge in [-0.15, -0.1) is 0 Å². The molecule has 27 heavy (non-hydrogen) atoms. The molecule has 0 spiro atoms. The molecule has 0 radical (unpaired) electrons. The van der Waals surface area contributed by atoms with Gasteiger partial charge in [0.2, 0.25) is 6.29 Å². The van der Waals surface area contributed by atoms with E-state index in [0.29, 0.717) is 26.4 Å². The number of carbonyl (C=O) groups is 2. The zero-order chi connectivity index (χ0) is 21.1. The van der Waals surface area contributed by atoms with Crippen molar-refractivity contribution < 1.29 is 43.5 Å². The van der Waals surface area contributed by atoms with Crippen LogP contribution in [0.4, 0.5) is 0 Å². The fourth-order valence-electron chi connectivity index (χ4n) is 1.21. The van der Waals surface area contributed by atoms with Crippen molar-refractivity contribution in [2.75, 3.05) is 52.9 Å². The van der Waals surface area contributed by atoms with Crippen LogP contribution in [0.2, 0.25) is 0 Å². The van der Waals surface area contributed by atoms with Gasteiger partial charge >= 0.3 is 11.9 Å². The summed E-state index contributed by atoms with van der Waals surface area (Å²) in [5.41, 5.74) is 0.465. The van der Waals surface area contributed by atoms with Crippen molar-refractivity contribution in [1.82, 2.24) is 0 Å². The number of aliphatic hydroxyl groups is 2. The van der Waals surface area contributed by atoms with Gasteiger partial charge in [0.15, 0.2) is 6.61 Å². The molecule has 0 aromatic rings. The summed E-state index contributed by atoms with van der Waals surface area (Å²) in [4.78, 5) is 22.9. The van der Waals surface area contributed by atoms with E-state index in [4.69, 9.17) is 33.9 Å². The summed E-state index contributed by atoms with van der Waals surface area (Å²) < 4.78 is 25.7. The summed E-state index contributed by atoms with van der Waals surface area (Å²) in [6.45, 7) is 13.4. The standard InChI is InChI=1S/C16H26O7.C2H6O2/c1-6-19-7-8-20-9-10-21-14(23-16(18)13(4)5)11-22-15(17)12(2)3;3-1-2-4/h14H,2,4,6-11H2,1,3,5H3;3-4H,1-2H2. The molecule has 1 atom stereocenters. The average molecular weight is 392 g/mol. The second kappa shape index (κ2) is 19.0. The maximum absolute atomic E-state index is 11.5. The van der Waals surface area contributed by atoms with Crippen LogP contribution < -0.4 is 0 Å². The predicted molar refractivity (Wildman–Crippen MR) is 97.9 cm³/mol. The molecular formula is C18H32O9. The first-order valence-corrected chi connectivity index (χ1v) is 8.47. The van der Waals surface area contributed by atoms with E-state index in [1.165, 1.54) is 13.8 Å². The molecule has 0 aromatic heterocycles. The van der Waals surface area contributed by atoms with E-state index in [1.54, 1.807) is 0 Å².